The van der Waals surface area contributed by atoms with Crippen molar-refractivity contribution in [1.82, 2.24) is 15.1 Å². The zero-order valence-electron chi connectivity index (χ0n) is 10.3. The third kappa shape index (κ3) is 2.25. The van der Waals surface area contributed by atoms with Crippen LogP contribution in [0.5, 0.6) is 0 Å². The Morgan fingerprint density at radius 2 is 2.22 bits per heavy atom. The highest BCUT2D eigenvalue weighted by Gasteiger charge is 2.15. The Morgan fingerprint density at radius 1 is 1.50 bits per heavy atom. The van der Waals surface area contributed by atoms with Crippen LogP contribution in [0.1, 0.15) is 5.69 Å². The molecule has 18 heavy (non-hydrogen) atoms. The standard InChI is InChI=1S/C11H15N5O2/c1-15(2)4-3-10-8-5-7(16(17)18)6-9(12)11(8)14-13-10/h5-6H,3-4,12H2,1-2H3,(H,13,14). The zero-order valence-corrected chi connectivity index (χ0v) is 10.3. The first-order valence-electron chi connectivity index (χ1n) is 5.54. The Balaban J connectivity index is 2.46. The summed E-state index contributed by atoms with van der Waals surface area (Å²) in [5, 5.41) is 18.5. The number of nitrogens with zero attached hydrogens (tertiary/aromatic N) is 3. The summed E-state index contributed by atoms with van der Waals surface area (Å²) in [7, 11) is 3.94. The van der Waals surface area contributed by atoms with Gasteiger partial charge in [0.25, 0.3) is 5.69 Å². The topological polar surface area (TPSA) is 101 Å². The molecule has 0 aliphatic rings. The fourth-order valence-electron chi connectivity index (χ4n) is 1.81. The number of nitro groups is 1. The molecule has 0 saturated carbocycles. The van der Waals surface area contributed by atoms with Crippen molar-refractivity contribution in [2.45, 2.75) is 6.42 Å². The molecule has 7 nitrogen and oxygen atoms in total. The summed E-state index contributed by atoms with van der Waals surface area (Å²) in [6.07, 6.45) is 0.740. The van der Waals surface area contributed by atoms with Gasteiger partial charge in [-0.2, -0.15) is 5.10 Å². The molecule has 96 valence electrons. The summed E-state index contributed by atoms with van der Waals surface area (Å²) in [6.45, 7) is 0.833. The van der Waals surface area contributed by atoms with E-state index in [1.165, 1.54) is 12.1 Å². The highest BCUT2D eigenvalue weighted by Crippen LogP contribution is 2.27. The molecule has 0 fully saturated rings. The van der Waals surface area contributed by atoms with Gasteiger partial charge in [0.15, 0.2) is 0 Å². The van der Waals surface area contributed by atoms with Crippen LogP contribution in [0, 0.1) is 10.1 Å². The van der Waals surface area contributed by atoms with Crippen molar-refractivity contribution in [2.75, 3.05) is 26.4 Å². The quantitative estimate of drug-likeness (QED) is 0.481. The number of H-pyrrole nitrogens is 1. The predicted molar refractivity (Wildman–Crippen MR) is 69.4 cm³/mol. The van der Waals surface area contributed by atoms with Gasteiger partial charge < -0.3 is 10.6 Å². The van der Waals surface area contributed by atoms with Gasteiger partial charge in [-0.3, -0.25) is 15.2 Å². The summed E-state index contributed by atoms with van der Waals surface area (Å²) >= 11 is 0. The van der Waals surface area contributed by atoms with Gasteiger partial charge in [-0.05, 0) is 14.1 Å². The maximum absolute atomic E-state index is 10.8. The molecule has 0 atom stereocenters. The second-order valence-electron chi connectivity index (χ2n) is 4.44. The van der Waals surface area contributed by atoms with E-state index in [4.69, 9.17) is 5.73 Å². The SMILES string of the molecule is CN(C)CCc1[nH]nc2c(N)cc([N+](=O)[O-])cc12. The lowest BCUT2D eigenvalue weighted by atomic mass is 10.1. The molecule has 1 aromatic carbocycles. The molecule has 0 unspecified atom stereocenters. The van der Waals surface area contributed by atoms with Crippen molar-refractivity contribution in [3.8, 4) is 0 Å². The smallest absolute Gasteiger partial charge is 0.272 e. The maximum atomic E-state index is 10.8. The van der Waals surface area contributed by atoms with E-state index >= 15 is 0 Å². The minimum atomic E-state index is -0.446. The minimum absolute atomic E-state index is 0.00694. The van der Waals surface area contributed by atoms with Gasteiger partial charge >= 0.3 is 0 Å². The number of nitrogens with one attached hydrogen (secondary N) is 1. The molecule has 0 saturated heterocycles. The number of nitro benzene ring substituents is 1. The van der Waals surface area contributed by atoms with Crippen molar-refractivity contribution in [1.29, 1.82) is 0 Å². The predicted octanol–water partition coefficient (Wildman–Crippen LogP) is 1.16. The van der Waals surface area contributed by atoms with Crippen LogP contribution in [-0.4, -0.2) is 40.7 Å². The van der Waals surface area contributed by atoms with Crippen molar-refractivity contribution < 1.29 is 4.92 Å². The van der Waals surface area contributed by atoms with Gasteiger partial charge in [-0.25, -0.2) is 0 Å². The number of likely N-dealkylation sites (N-methyl/N-ethyl adjacent to an activating group) is 1. The minimum Gasteiger partial charge on any atom is -0.397 e. The summed E-state index contributed by atoms with van der Waals surface area (Å²) in [4.78, 5) is 12.4. The second-order valence-corrected chi connectivity index (χ2v) is 4.44. The van der Waals surface area contributed by atoms with Crippen LogP contribution >= 0.6 is 0 Å². The van der Waals surface area contributed by atoms with Crippen LogP contribution in [0.2, 0.25) is 0 Å². The number of hydrogen-bond acceptors (Lipinski definition) is 5. The summed E-state index contributed by atoms with van der Waals surface area (Å²) in [5.74, 6) is 0. The van der Waals surface area contributed by atoms with Crippen LogP contribution in [0.4, 0.5) is 11.4 Å². The van der Waals surface area contributed by atoms with Crippen molar-refractivity contribution in [3.05, 3.63) is 27.9 Å². The van der Waals surface area contributed by atoms with E-state index < -0.39 is 4.92 Å². The summed E-state index contributed by atoms with van der Waals surface area (Å²) < 4.78 is 0. The number of fused-ring (bicyclic) bond motifs is 1. The number of benzene rings is 1. The Hall–Kier alpha value is -2.15. The fourth-order valence-corrected chi connectivity index (χ4v) is 1.81. The lowest BCUT2D eigenvalue weighted by Gasteiger charge is -2.07. The molecule has 1 aromatic heterocycles. The van der Waals surface area contributed by atoms with E-state index in [0.29, 0.717) is 11.2 Å². The third-order valence-corrected chi connectivity index (χ3v) is 2.77. The molecular formula is C11H15N5O2. The maximum Gasteiger partial charge on any atom is 0.272 e. The van der Waals surface area contributed by atoms with E-state index in [-0.39, 0.29) is 5.69 Å². The number of hydrogen-bond donors (Lipinski definition) is 2. The normalized spacial score (nSPS) is 11.3. The van der Waals surface area contributed by atoms with Crippen molar-refractivity contribution in [3.63, 3.8) is 0 Å². The molecular weight excluding hydrogens is 234 g/mol. The first kappa shape index (κ1) is 12.3. The van der Waals surface area contributed by atoms with Crippen LogP contribution in [0.25, 0.3) is 10.9 Å². The Labute approximate surface area is 104 Å². The summed E-state index contributed by atoms with van der Waals surface area (Å²) in [5.41, 5.74) is 7.55. The Bertz CT molecular complexity index is 590. The molecule has 3 N–H and O–H groups in total. The zero-order chi connectivity index (χ0) is 13.3. The highest BCUT2D eigenvalue weighted by atomic mass is 16.6. The van der Waals surface area contributed by atoms with Gasteiger partial charge in [-0.15, -0.1) is 0 Å². The number of nitrogens with two attached hydrogens (primary N) is 1. The number of anilines is 1. The second kappa shape index (κ2) is 4.61. The molecule has 1 heterocycles. The van der Waals surface area contributed by atoms with Crippen LogP contribution in [-0.2, 0) is 6.42 Å². The molecule has 0 spiro atoms. The number of aromatic amines is 1. The largest absolute Gasteiger partial charge is 0.397 e. The van der Waals surface area contributed by atoms with Crippen LogP contribution in [0.15, 0.2) is 12.1 Å². The van der Waals surface area contributed by atoms with E-state index in [1.807, 2.05) is 19.0 Å². The highest BCUT2D eigenvalue weighted by molar-refractivity contribution is 5.93. The lowest BCUT2D eigenvalue weighted by Crippen LogP contribution is -2.15. The van der Waals surface area contributed by atoms with Crippen LogP contribution in [0.3, 0.4) is 0 Å². The Morgan fingerprint density at radius 3 is 2.83 bits per heavy atom. The van der Waals surface area contributed by atoms with E-state index in [1.54, 1.807) is 0 Å². The van der Waals surface area contributed by atoms with E-state index in [0.717, 1.165) is 24.0 Å². The fraction of sp³-hybridized carbons (Fsp3) is 0.364. The summed E-state index contributed by atoms with van der Waals surface area (Å²) in [6, 6.07) is 2.85. The third-order valence-electron chi connectivity index (χ3n) is 2.77. The molecule has 0 radical (unpaired) electrons. The molecule has 0 bridgehead atoms. The van der Waals surface area contributed by atoms with Gasteiger partial charge in [0.05, 0.1) is 10.6 Å². The monoisotopic (exact) mass is 249 g/mol. The molecule has 0 aliphatic heterocycles. The number of non-ortho nitro benzene ring substituents is 1. The van der Waals surface area contributed by atoms with E-state index in [9.17, 15) is 10.1 Å². The van der Waals surface area contributed by atoms with Gasteiger partial charge in [0, 0.05) is 36.2 Å². The first-order chi connectivity index (χ1) is 8.49. The van der Waals surface area contributed by atoms with Crippen molar-refractivity contribution >= 4 is 22.3 Å². The molecule has 2 aromatic rings. The van der Waals surface area contributed by atoms with Crippen molar-refractivity contribution in [2.24, 2.45) is 0 Å². The first-order valence-corrected chi connectivity index (χ1v) is 5.54. The molecule has 7 heteroatoms. The van der Waals surface area contributed by atoms with Gasteiger partial charge in [0.1, 0.15) is 5.52 Å². The lowest BCUT2D eigenvalue weighted by molar-refractivity contribution is -0.384. The molecule has 0 amide bonds. The average Bonchev–Trinajstić information content (AvgIpc) is 2.69. The van der Waals surface area contributed by atoms with Gasteiger partial charge in [0.2, 0.25) is 0 Å². The number of nitrogen functional groups attached to an aromatic ring is 1. The number of aromatic nitrogens is 2. The molecule has 2 rings (SSSR count). The van der Waals surface area contributed by atoms with Gasteiger partial charge in [-0.1, -0.05) is 0 Å². The van der Waals surface area contributed by atoms with E-state index in [2.05, 4.69) is 10.2 Å². The number of rotatable bonds is 4. The van der Waals surface area contributed by atoms with Crippen LogP contribution < -0.4 is 5.73 Å². The Kier molecular flexibility index (Phi) is 3.15. The average molecular weight is 249 g/mol. The molecule has 0 aliphatic carbocycles.